The summed E-state index contributed by atoms with van der Waals surface area (Å²) in [5.74, 6) is 0. The lowest BCUT2D eigenvalue weighted by molar-refractivity contribution is 0.259. The summed E-state index contributed by atoms with van der Waals surface area (Å²) in [6.45, 7) is 2.31. The van der Waals surface area contributed by atoms with Gasteiger partial charge in [-0.3, -0.25) is 4.68 Å². The smallest absolute Gasteiger partial charge is 0.0842 e. The van der Waals surface area contributed by atoms with E-state index in [1.54, 1.807) is 4.68 Å². The molecule has 4 heteroatoms. The second-order valence-corrected chi connectivity index (χ2v) is 5.06. The van der Waals surface area contributed by atoms with Crippen LogP contribution in [0, 0.1) is 5.41 Å². The molecular weight excluding hydrogens is 188 g/mol. The van der Waals surface area contributed by atoms with E-state index in [0.717, 1.165) is 12.1 Å². The molecule has 0 aromatic carbocycles. The molecule has 1 aromatic heterocycles. The molecule has 0 radical (unpaired) electrons. The summed E-state index contributed by atoms with van der Waals surface area (Å²) in [6, 6.07) is 0.219. The molecule has 1 saturated carbocycles. The van der Waals surface area contributed by atoms with Crippen molar-refractivity contribution < 1.29 is 0 Å². The molecule has 2 rings (SSSR count). The van der Waals surface area contributed by atoms with Crippen molar-refractivity contribution in [2.45, 2.75) is 45.1 Å². The van der Waals surface area contributed by atoms with Crippen LogP contribution in [-0.2, 0) is 13.5 Å². The topological polar surface area (TPSA) is 56.7 Å². The molecule has 1 heterocycles. The van der Waals surface area contributed by atoms with Crippen molar-refractivity contribution in [3.63, 3.8) is 0 Å². The quantitative estimate of drug-likeness (QED) is 0.813. The Balaban J connectivity index is 1.99. The molecular formula is C11H20N4. The SMILES string of the molecule is Cn1cc(CC(N)C2(C)CCCC2)nn1. The van der Waals surface area contributed by atoms with Gasteiger partial charge in [0.1, 0.15) is 0 Å². The first-order chi connectivity index (χ1) is 7.10. The number of hydrogen-bond donors (Lipinski definition) is 1. The third-order valence-electron chi connectivity index (χ3n) is 3.72. The predicted molar refractivity (Wildman–Crippen MR) is 59.3 cm³/mol. The van der Waals surface area contributed by atoms with Crippen LogP contribution in [-0.4, -0.2) is 21.0 Å². The number of aryl methyl sites for hydroxylation is 1. The summed E-state index contributed by atoms with van der Waals surface area (Å²) in [4.78, 5) is 0. The molecule has 0 spiro atoms. The van der Waals surface area contributed by atoms with E-state index in [-0.39, 0.29) is 6.04 Å². The molecule has 0 amide bonds. The summed E-state index contributed by atoms with van der Waals surface area (Å²) in [5.41, 5.74) is 7.61. The molecule has 1 aromatic rings. The number of nitrogens with zero attached hydrogens (tertiary/aromatic N) is 3. The van der Waals surface area contributed by atoms with Crippen molar-refractivity contribution in [1.82, 2.24) is 15.0 Å². The first kappa shape index (κ1) is 10.6. The van der Waals surface area contributed by atoms with Gasteiger partial charge < -0.3 is 5.73 Å². The number of hydrogen-bond acceptors (Lipinski definition) is 3. The lowest BCUT2D eigenvalue weighted by Crippen LogP contribution is -2.39. The number of aromatic nitrogens is 3. The lowest BCUT2D eigenvalue weighted by atomic mass is 9.79. The first-order valence-corrected chi connectivity index (χ1v) is 5.71. The van der Waals surface area contributed by atoms with E-state index in [1.807, 2.05) is 13.2 Å². The minimum atomic E-state index is 0.219. The largest absolute Gasteiger partial charge is 0.327 e. The Morgan fingerprint density at radius 2 is 2.20 bits per heavy atom. The van der Waals surface area contributed by atoms with Crippen molar-refractivity contribution in [2.24, 2.45) is 18.2 Å². The van der Waals surface area contributed by atoms with Crippen molar-refractivity contribution >= 4 is 0 Å². The average Bonchev–Trinajstić information content (AvgIpc) is 2.76. The minimum Gasteiger partial charge on any atom is -0.327 e. The Morgan fingerprint density at radius 3 is 2.73 bits per heavy atom. The second kappa shape index (κ2) is 3.93. The van der Waals surface area contributed by atoms with Crippen molar-refractivity contribution in [3.8, 4) is 0 Å². The van der Waals surface area contributed by atoms with Crippen LogP contribution < -0.4 is 5.73 Å². The maximum atomic E-state index is 6.28. The molecule has 84 valence electrons. The van der Waals surface area contributed by atoms with E-state index >= 15 is 0 Å². The van der Waals surface area contributed by atoms with Crippen molar-refractivity contribution in [2.75, 3.05) is 0 Å². The lowest BCUT2D eigenvalue weighted by Gasteiger charge is -2.30. The summed E-state index contributed by atoms with van der Waals surface area (Å²) in [5, 5.41) is 8.02. The third-order valence-corrected chi connectivity index (χ3v) is 3.72. The van der Waals surface area contributed by atoms with Crippen LogP contribution in [0.2, 0.25) is 0 Å². The highest BCUT2D eigenvalue weighted by atomic mass is 15.4. The summed E-state index contributed by atoms with van der Waals surface area (Å²) >= 11 is 0. The maximum Gasteiger partial charge on any atom is 0.0842 e. The van der Waals surface area contributed by atoms with Crippen molar-refractivity contribution in [1.29, 1.82) is 0 Å². The fourth-order valence-electron chi connectivity index (χ4n) is 2.51. The molecule has 0 saturated heterocycles. The van der Waals surface area contributed by atoms with Gasteiger partial charge >= 0.3 is 0 Å². The average molecular weight is 208 g/mol. The van der Waals surface area contributed by atoms with Crippen LogP contribution in [0.15, 0.2) is 6.20 Å². The van der Waals surface area contributed by atoms with Gasteiger partial charge in [0.05, 0.1) is 5.69 Å². The Morgan fingerprint density at radius 1 is 1.53 bits per heavy atom. The zero-order valence-corrected chi connectivity index (χ0v) is 9.61. The van der Waals surface area contributed by atoms with E-state index in [1.165, 1.54) is 25.7 Å². The van der Waals surface area contributed by atoms with Gasteiger partial charge in [-0.15, -0.1) is 5.10 Å². The van der Waals surface area contributed by atoms with Gasteiger partial charge in [-0.05, 0) is 18.3 Å². The molecule has 1 aliphatic carbocycles. The first-order valence-electron chi connectivity index (χ1n) is 5.71. The highest BCUT2D eigenvalue weighted by molar-refractivity contribution is 5.00. The molecule has 1 atom stereocenters. The summed E-state index contributed by atoms with van der Waals surface area (Å²) in [6.07, 6.45) is 7.97. The standard InChI is InChI=1S/C11H20N4/c1-11(5-3-4-6-11)10(12)7-9-8-15(2)14-13-9/h8,10H,3-7,12H2,1-2H3. The zero-order chi connectivity index (χ0) is 10.9. The third kappa shape index (κ3) is 2.20. The van der Waals surface area contributed by atoms with Gasteiger partial charge in [0.2, 0.25) is 0 Å². The van der Waals surface area contributed by atoms with E-state index in [9.17, 15) is 0 Å². The van der Waals surface area contributed by atoms with Crippen LogP contribution in [0.4, 0.5) is 0 Å². The second-order valence-electron chi connectivity index (χ2n) is 5.06. The van der Waals surface area contributed by atoms with Crippen LogP contribution in [0.1, 0.15) is 38.3 Å². The Bertz CT molecular complexity index is 325. The van der Waals surface area contributed by atoms with E-state index in [4.69, 9.17) is 5.73 Å². The highest BCUT2D eigenvalue weighted by Crippen LogP contribution is 2.40. The van der Waals surface area contributed by atoms with Gasteiger partial charge in [-0.1, -0.05) is 25.0 Å². The van der Waals surface area contributed by atoms with Gasteiger partial charge in [0.15, 0.2) is 0 Å². The predicted octanol–water partition coefficient (Wildman–Crippen LogP) is 1.27. The molecule has 0 bridgehead atoms. The van der Waals surface area contributed by atoms with Crippen LogP contribution in [0.25, 0.3) is 0 Å². The van der Waals surface area contributed by atoms with Gasteiger partial charge in [0.25, 0.3) is 0 Å². The molecule has 1 unspecified atom stereocenters. The zero-order valence-electron chi connectivity index (χ0n) is 9.61. The molecule has 2 N–H and O–H groups in total. The molecule has 1 aliphatic rings. The monoisotopic (exact) mass is 208 g/mol. The number of nitrogens with two attached hydrogens (primary N) is 1. The van der Waals surface area contributed by atoms with E-state index in [2.05, 4.69) is 17.2 Å². The molecule has 1 fully saturated rings. The highest BCUT2D eigenvalue weighted by Gasteiger charge is 2.34. The van der Waals surface area contributed by atoms with E-state index < -0.39 is 0 Å². The Kier molecular flexibility index (Phi) is 2.78. The van der Waals surface area contributed by atoms with Gasteiger partial charge in [-0.2, -0.15) is 0 Å². The summed E-state index contributed by atoms with van der Waals surface area (Å²) in [7, 11) is 1.89. The molecule has 0 aliphatic heterocycles. The van der Waals surface area contributed by atoms with Crippen LogP contribution in [0.5, 0.6) is 0 Å². The molecule has 4 nitrogen and oxygen atoms in total. The maximum absolute atomic E-state index is 6.28. The van der Waals surface area contributed by atoms with Crippen LogP contribution in [0.3, 0.4) is 0 Å². The fraction of sp³-hybridized carbons (Fsp3) is 0.818. The minimum absolute atomic E-state index is 0.219. The van der Waals surface area contributed by atoms with Crippen LogP contribution >= 0.6 is 0 Å². The Labute approximate surface area is 90.8 Å². The normalized spacial score (nSPS) is 21.8. The van der Waals surface area contributed by atoms with E-state index in [0.29, 0.717) is 5.41 Å². The summed E-state index contributed by atoms with van der Waals surface area (Å²) < 4.78 is 1.74. The van der Waals surface area contributed by atoms with Crippen molar-refractivity contribution in [3.05, 3.63) is 11.9 Å². The molecule has 15 heavy (non-hydrogen) atoms. The number of rotatable bonds is 3. The Hall–Kier alpha value is -0.900. The fourth-order valence-corrected chi connectivity index (χ4v) is 2.51. The van der Waals surface area contributed by atoms with Gasteiger partial charge in [0, 0.05) is 25.7 Å². The van der Waals surface area contributed by atoms with Gasteiger partial charge in [-0.25, -0.2) is 0 Å².